The summed E-state index contributed by atoms with van der Waals surface area (Å²) in [6.07, 6.45) is 2.37. The van der Waals surface area contributed by atoms with Crippen LogP contribution in [0.2, 0.25) is 0 Å². The van der Waals surface area contributed by atoms with Crippen molar-refractivity contribution in [2.45, 2.75) is 23.8 Å². The van der Waals surface area contributed by atoms with E-state index in [0.717, 1.165) is 17.9 Å². The summed E-state index contributed by atoms with van der Waals surface area (Å²) in [7, 11) is -1.93. The van der Waals surface area contributed by atoms with Gasteiger partial charge in [0.15, 0.2) is 0 Å². The second kappa shape index (κ2) is 5.95. The van der Waals surface area contributed by atoms with Crippen LogP contribution >= 0.6 is 11.8 Å². The Morgan fingerprint density at radius 1 is 1.39 bits per heavy atom. The molecule has 0 radical (unpaired) electrons. The first-order valence-electron chi connectivity index (χ1n) is 6.00. The fraction of sp³-hybridized carbons (Fsp3) is 0.500. The molecule has 1 atom stereocenters. The van der Waals surface area contributed by atoms with Gasteiger partial charge >= 0.3 is 0 Å². The van der Waals surface area contributed by atoms with E-state index in [1.54, 1.807) is 18.2 Å². The zero-order valence-corrected chi connectivity index (χ0v) is 12.0. The van der Waals surface area contributed by atoms with E-state index in [1.807, 2.05) is 17.8 Å². The van der Waals surface area contributed by atoms with Crippen LogP contribution in [-0.2, 0) is 10.0 Å². The Balaban J connectivity index is 2.12. The van der Waals surface area contributed by atoms with E-state index < -0.39 is 10.0 Å². The molecular formula is C12H18N2O2S2. The quantitative estimate of drug-likeness (QED) is 0.887. The molecule has 18 heavy (non-hydrogen) atoms. The van der Waals surface area contributed by atoms with Crippen LogP contribution in [0, 0.1) is 0 Å². The fourth-order valence-corrected chi connectivity index (χ4v) is 3.81. The van der Waals surface area contributed by atoms with Crippen molar-refractivity contribution in [2.24, 2.45) is 0 Å². The van der Waals surface area contributed by atoms with Crippen molar-refractivity contribution in [3.63, 3.8) is 0 Å². The summed E-state index contributed by atoms with van der Waals surface area (Å²) in [5.74, 6) is 2.31. The van der Waals surface area contributed by atoms with E-state index in [1.165, 1.54) is 19.2 Å². The third-order valence-electron chi connectivity index (χ3n) is 2.94. The van der Waals surface area contributed by atoms with Crippen molar-refractivity contribution in [2.75, 3.05) is 23.9 Å². The van der Waals surface area contributed by atoms with Crippen molar-refractivity contribution in [1.82, 2.24) is 4.72 Å². The van der Waals surface area contributed by atoms with E-state index in [9.17, 15) is 8.42 Å². The number of nitrogens with one attached hydrogen (secondary N) is 2. The molecule has 4 nitrogen and oxygen atoms in total. The predicted molar refractivity (Wildman–Crippen MR) is 76.7 cm³/mol. The molecule has 1 aromatic carbocycles. The number of hydrogen-bond acceptors (Lipinski definition) is 4. The first-order chi connectivity index (χ1) is 8.62. The number of hydrogen-bond donors (Lipinski definition) is 2. The van der Waals surface area contributed by atoms with Gasteiger partial charge in [-0.25, -0.2) is 13.1 Å². The van der Waals surface area contributed by atoms with Gasteiger partial charge < -0.3 is 5.32 Å². The third kappa shape index (κ3) is 3.40. The molecule has 0 amide bonds. The van der Waals surface area contributed by atoms with Crippen molar-refractivity contribution in [3.05, 3.63) is 24.3 Å². The summed E-state index contributed by atoms with van der Waals surface area (Å²) in [6, 6.07) is 7.41. The number of sulfonamides is 1. The molecular weight excluding hydrogens is 268 g/mol. The molecule has 1 aliphatic heterocycles. The molecule has 1 unspecified atom stereocenters. The monoisotopic (exact) mass is 286 g/mol. The molecule has 1 aliphatic rings. The first kappa shape index (κ1) is 13.7. The van der Waals surface area contributed by atoms with Crippen molar-refractivity contribution < 1.29 is 8.42 Å². The van der Waals surface area contributed by atoms with E-state index in [0.29, 0.717) is 10.9 Å². The second-order valence-electron chi connectivity index (χ2n) is 4.29. The summed E-state index contributed by atoms with van der Waals surface area (Å²) in [4.78, 5) is 0.304. The van der Waals surface area contributed by atoms with Crippen molar-refractivity contribution in [1.29, 1.82) is 0 Å². The van der Waals surface area contributed by atoms with Gasteiger partial charge in [-0.05, 0) is 43.8 Å². The highest BCUT2D eigenvalue weighted by atomic mass is 32.2. The highest BCUT2D eigenvalue weighted by Gasteiger charge is 2.15. The van der Waals surface area contributed by atoms with Crippen molar-refractivity contribution in [3.8, 4) is 0 Å². The minimum atomic E-state index is -3.36. The average Bonchev–Trinajstić information content (AvgIpc) is 2.40. The fourth-order valence-electron chi connectivity index (χ4n) is 1.96. The van der Waals surface area contributed by atoms with Gasteiger partial charge in [0.1, 0.15) is 0 Å². The minimum absolute atomic E-state index is 0.304. The summed E-state index contributed by atoms with van der Waals surface area (Å²) < 4.78 is 25.7. The lowest BCUT2D eigenvalue weighted by atomic mass is 10.2. The first-order valence-corrected chi connectivity index (χ1v) is 8.63. The zero-order valence-electron chi connectivity index (χ0n) is 10.3. The Hall–Kier alpha value is -0.720. The van der Waals surface area contributed by atoms with Crippen LogP contribution in [-0.4, -0.2) is 33.0 Å². The maximum absolute atomic E-state index is 11.7. The molecule has 100 valence electrons. The van der Waals surface area contributed by atoms with Gasteiger partial charge in [0.25, 0.3) is 0 Å². The van der Waals surface area contributed by atoms with E-state index >= 15 is 0 Å². The van der Waals surface area contributed by atoms with Gasteiger partial charge in [0.05, 0.1) is 4.90 Å². The van der Waals surface area contributed by atoms with Gasteiger partial charge in [0.2, 0.25) is 10.0 Å². The van der Waals surface area contributed by atoms with Crippen LogP contribution in [0.5, 0.6) is 0 Å². The largest absolute Gasteiger partial charge is 0.381 e. The molecule has 0 aliphatic carbocycles. The second-order valence-corrected chi connectivity index (χ2v) is 7.33. The summed E-state index contributed by atoms with van der Waals surface area (Å²) >= 11 is 1.94. The lowest BCUT2D eigenvalue weighted by Crippen LogP contribution is -2.26. The number of rotatable bonds is 4. The van der Waals surface area contributed by atoms with E-state index in [-0.39, 0.29) is 0 Å². The maximum atomic E-state index is 11.7. The predicted octanol–water partition coefficient (Wildman–Crippen LogP) is 1.90. The zero-order chi connectivity index (χ0) is 13.0. The Morgan fingerprint density at radius 3 is 2.89 bits per heavy atom. The van der Waals surface area contributed by atoms with Crippen LogP contribution in [0.25, 0.3) is 0 Å². The molecule has 0 aromatic heterocycles. The van der Waals surface area contributed by atoms with E-state index in [4.69, 9.17) is 0 Å². The maximum Gasteiger partial charge on any atom is 0.240 e. The minimum Gasteiger partial charge on any atom is -0.381 e. The summed E-state index contributed by atoms with van der Waals surface area (Å²) in [6.45, 7) is 0. The van der Waals surface area contributed by atoms with Gasteiger partial charge in [0, 0.05) is 17.5 Å². The van der Waals surface area contributed by atoms with Crippen LogP contribution in [0.4, 0.5) is 5.69 Å². The molecule has 1 saturated heterocycles. The Bertz CT molecular complexity index is 497. The number of benzene rings is 1. The normalized spacial score (nSPS) is 20.6. The topological polar surface area (TPSA) is 58.2 Å². The SMILES string of the molecule is CNS(=O)(=O)c1cccc(NC2CCCSC2)c1. The average molecular weight is 286 g/mol. The van der Waals surface area contributed by atoms with Crippen LogP contribution in [0.3, 0.4) is 0 Å². The van der Waals surface area contributed by atoms with Crippen LogP contribution in [0.1, 0.15) is 12.8 Å². The Morgan fingerprint density at radius 2 is 2.22 bits per heavy atom. The number of anilines is 1. The van der Waals surface area contributed by atoms with Crippen LogP contribution in [0.15, 0.2) is 29.2 Å². The molecule has 2 rings (SSSR count). The van der Waals surface area contributed by atoms with Gasteiger partial charge in [-0.15, -0.1) is 0 Å². The molecule has 1 fully saturated rings. The molecule has 1 aromatic rings. The third-order valence-corrected chi connectivity index (χ3v) is 5.57. The van der Waals surface area contributed by atoms with Gasteiger partial charge in [-0.3, -0.25) is 0 Å². The lowest BCUT2D eigenvalue weighted by molar-refractivity contribution is 0.588. The highest BCUT2D eigenvalue weighted by Crippen LogP contribution is 2.22. The summed E-state index contributed by atoms with van der Waals surface area (Å²) in [5, 5.41) is 3.40. The highest BCUT2D eigenvalue weighted by molar-refractivity contribution is 7.99. The molecule has 0 saturated carbocycles. The summed E-state index contributed by atoms with van der Waals surface area (Å²) in [5.41, 5.74) is 0.874. The smallest absolute Gasteiger partial charge is 0.240 e. The molecule has 1 heterocycles. The molecule has 0 bridgehead atoms. The molecule has 6 heteroatoms. The Labute approximate surface area is 113 Å². The van der Waals surface area contributed by atoms with E-state index in [2.05, 4.69) is 10.0 Å². The van der Waals surface area contributed by atoms with Crippen molar-refractivity contribution >= 4 is 27.5 Å². The van der Waals surface area contributed by atoms with Crippen LogP contribution < -0.4 is 10.0 Å². The number of thioether (sulfide) groups is 1. The standard InChI is InChI=1S/C12H18N2O2S2/c1-13-18(15,16)12-6-2-4-10(8-12)14-11-5-3-7-17-9-11/h2,4,6,8,11,13-14H,3,5,7,9H2,1H3. The van der Waals surface area contributed by atoms with Gasteiger partial charge in [-0.1, -0.05) is 6.07 Å². The lowest BCUT2D eigenvalue weighted by Gasteiger charge is -2.23. The van der Waals surface area contributed by atoms with Gasteiger partial charge in [-0.2, -0.15) is 11.8 Å². The Kier molecular flexibility index (Phi) is 4.53. The molecule has 2 N–H and O–H groups in total. The molecule has 0 spiro atoms.